The monoisotopic (exact) mass is 582 g/mol. The molecule has 1 unspecified atom stereocenters. The lowest BCUT2D eigenvalue weighted by Crippen LogP contribution is -2.48. The average Bonchev–Trinajstić information content (AvgIpc) is 3.33. The quantitative estimate of drug-likeness (QED) is 0.237. The van der Waals surface area contributed by atoms with E-state index in [0.29, 0.717) is 5.56 Å². The molecule has 0 fully saturated rings. The van der Waals surface area contributed by atoms with E-state index < -0.39 is 41.8 Å². The third-order valence-electron chi connectivity index (χ3n) is 6.78. The predicted molar refractivity (Wildman–Crippen MR) is 146 cm³/mol. The van der Waals surface area contributed by atoms with Crippen molar-refractivity contribution in [2.24, 2.45) is 5.92 Å². The van der Waals surface area contributed by atoms with Crippen molar-refractivity contribution in [1.82, 2.24) is 15.6 Å². The van der Waals surface area contributed by atoms with Crippen LogP contribution in [0, 0.1) is 23.1 Å². The SMILES string of the molecule is CNC(=O)c1c(-c2ccc(F)cc2)oc2nc(OCC(F)(F)F)c(-c3cccc(C(=O)NC(C)(C#N)C(C)C)c3)cc12. The van der Waals surface area contributed by atoms with Crippen LogP contribution in [0.25, 0.3) is 33.6 Å². The molecule has 2 N–H and O–H groups in total. The molecule has 42 heavy (non-hydrogen) atoms. The van der Waals surface area contributed by atoms with Crippen molar-refractivity contribution < 1.29 is 36.3 Å². The maximum atomic E-state index is 13.6. The van der Waals surface area contributed by atoms with Crippen LogP contribution in [0.4, 0.5) is 17.6 Å². The van der Waals surface area contributed by atoms with Crippen LogP contribution in [0.2, 0.25) is 0 Å². The summed E-state index contributed by atoms with van der Waals surface area (Å²) in [4.78, 5) is 30.2. The number of fused-ring (bicyclic) bond motifs is 1. The van der Waals surface area contributed by atoms with Crippen LogP contribution < -0.4 is 15.4 Å². The smallest absolute Gasteiger partial charge is 0.422 e. The maximum absolute atomic E-state index is 13.6. The molecule has 8 nitrogen and oxygen atoms in total. The van der Waals surface area contributed by atoms with E-state index in [1.807, 2.05) is 0 Å². The highest BCUT2D eigenvalue weighted by atomic mass is 19.4. The zero-order valence-corrected chi connectivity index (χ0v) is 23.0. The fourth-order valence-electron chi connectivity index (χ4n) is 4.07. The summed E-state index contributed by atoms with van der Waals surface area (Å²) >= 11 is 0. The second kappa shape index (κ2) is 11.5. The molecule has 0 saturated carbocycles. The number of hydrogen-bond donors (Lipinski definition) is 2. The zero-order chi connectivity index (χ0) is 30.8. The molecule has 0 radical (unpaired) electrons. The number of alkyl halides is 3. The molecule has 2 aromatic heterocycles. The van der Waals surface area contributed by atoms with E-state index in [9.17, 15) is 32.4 Å². The molecule has 0 aliphatic rings. The van der Waals surface area contributed by atoms with Crippen LogP contribution in [0.15, 0.2) is 59.0 Å². The highest BCUT2D eigenvalue weighted by Crippen LogP contribution is 2.39. The number of rotatable bonds is 8. The Kier molecular flexibility index (Phi) is 8.24. The van der Waals surface area contributed by atoms with Gasteiger partial charge in [0.1, 0.15) is 17.1 Å². The van der Waals surface area contributed by atoms with E-state index in [1.54, 1.807) is 20.8 Å². The number of furan rings is 1. The first-order chi connectivity index (χ1) is 19.8. The van der Waals surface area contributed by atoms with E-state index in [4.69, 9.17) is 9.15 Å². The summed E-state index contributed by atoms with van der Waals surface area (Å²) in [5.41, 5.74) is -0.589. The number of nitrogens with one attached hydrogen (secondary N) is 2. The van der Waals surface area contributed by atoms with Crippen LogP contribution in [0.3, 0.4) is 0 Å². The van der Waals surface area contributed by atoms with Gasteiger partial charge >= 0.3 is 6.18 Å². The van der Waals surface area contributed by atoms with Gasteiger partial charge in [-0.3, -0.25) is 9.59 Å². The fourth-order valence-corrected chi connectivity index (χ4v) is 4.07. The molecule has 218 valence electrons. The topological polar surface area (TPSA) is 117 Å². The van der Waals surface area contributed by atoms with Gasteiger partial charge in [-0.25, -0.2) is 4.39 Å². The molecule has 0 spiro atoms. The lowest BCUT2D eigenvalue weighted by Gasteiger charge is -2.27. The number of halogens is 4. The van der Waals surface area contributed by atoms with Gasteiger partial charge < -0.3 is 19.8 Å². The Morgan fingerprint density at radius 3 is 2.36 bits per heavy atom. The summed E-state index contributed by atoms with van der Waals surface area (Å²) in [7, 11) is 1.39. The minimum atomic E-state index is -4.69. The van der Waals surface area contributed by atoms with E-state index in [-0.39, 0.29) is 45.0 Å². The molecular weight excluding hydrogens is 556 g/mol. The minimum absolute atomic E-state index is 0.0193. The highest BCUT2D eigenvalue weighted by molar-refractivity contribution is 6.11. The van der Waals surface area contributed by atoms with E-state index >= 15 is 0 Å². The van der Waals surface area contributed by atoms with Crippen molar-refractivity contribution in [3.05, 3.63) is 71.5 Å². The first-order valence-electron chi connectivity index (χ1n) is 12.8. The van der Waals surface area contributed by atoms with Gasteiger partial charge in [-0.15, -0.1) is 0 Å². The molecule has 2 amide bonds. The van der Waals surface area contributed by atoms with Gasteiger partial charge in [-0.05, 0) is 60.9 Å². The minimum Gasteiger partial charge on any atom is -0.467 e. The van der Waals surface area contributed by atoms with Gasteiger partial charge in [0.2, 0.25) is 11.6 Å². The normalized spacial score (nSPS) is 13.0. The highest BCUT2D eigenvalue weighted by Gasteiger charge is 2.32. The van der Waals surface area contributed by atoms with E-state index in [2.05, 4.69) is 21.7 Å². The van der Waals surface area contributed by atoms with Crippen molar-refractivity contribution in [3.8, 4) is 34.4 Å². The summed E-state index contributed by atoms with van der Waals surface area (Å²) in [6, 6.07) is 14.5. The zero-order valence-electron chi connectivity index (χ0n) is 23.0. The van der Waals surface area contributed by atoms with Crippen LogP contribution in [0.1, 0.15) is 41.5 Å². The van der Waals surface area contributed by atoms with Crippen LogP contribution >= 0.6 is 0 Å². The summed E-state index contributed by atoms with van der Waals surface area (Å²) < 4.78 is 63.9. The summed E-state index contributed by atoms with van der Waals surface area (Å²) in [5, 5.41) is 14.9. The number of carbonyl (C=O) groups is 2. The van der Waals surface area contributed by atoms with E-state index in [0.717, 1.165) is 0 Å². The molecule has 1 atom stereocenters. The number of nitrogens with zero attached hydrogens (tertiary/aromatic N) is 2. The molecule has 2 aromatic carbocycles. The van der Waals surface area contributed by atoms with Crippen LogP contribution in [-0.4, -0.2) is 42.2 Å². The lowest BCUT2D eigenvalue weighted by atomic mass is 9.89. The molecule has 0 saturated heterocycles. The standard InChI is InChI=1S/C30H26F4N4O4/c1-16(2)29(3,14-35)38-25(39)19-7-5-6-18(12-19)21-13-22-23(26(40)36-4)24(17-8-10-20(31)11-9-17)42-28(22)37-27(21)41-15-30(32,33)34/h5-13,16H,15H2,1-4H3,(H,36,40)(H,38,39). The number of hydrogen-bond acceptors (Lipinski definition) is 6. The molecule has 2 heterocycles. The van der Waals surface area contributed by atoms with Crippen molar-refractivity contribution in [2.75, 3.05) is 13.7 Å². The van der Waals surface area contributed by atoms with Gasteiger partial charge in [0.15, 0.2) is 6.61 Å². The van der Waals surface area contributed by atoms with Crippen molar-refractivity contribution in [2.45, 2.75) is 32.5 Å². The van der Waals surface area contributed by atoms with Crippen LogP contribution in [-0.2, 0) is 0 Å². The molecule has 4 aromatic rings. The predicted octanol–water partition coefficient (Wildman–Crippen LogP) is 6.27. The fraction of sp³-hybridized carbons (Fsp3) is 0.267. The number of amides is 2. The Morgan fingerprint density at radius 1 is 1.07 bits per heavy atom. The Bertz CT molecular complexity index is 1690. The van der Waals surface area contributed by atoms with Gasteiger partial charge in [0, 0.05) is 23.7 Å². The summed E-state index contributed by atoms with van der Waals surface area (Å²) in [6.45, 7) is 3.47. The number of nitriles is 1. The van der Waals surface area contributed by atoms with Gasteiger partial charge in [-0.2, -0.15) is 23.4 Å². The summed E-state index contributed by atoms with van der Waals surface area (Å²) in [5.74, 6) is -2.33. The molecular formula is C30H26F4N4O4. The molecule has 12 heteroatoms. The Hall–Kier alpha value is -4.92. The molecule has 0 aliphatic carbocycles. The Balaban J connectivity index is 1.91. The maximum Gasteiger partial charge on any atom is 0.422 e. The number of pyridine rings is 1. The second-order valence-corrected chi connectivity index (χ2v) is 9.99. The number of ether oxygens (including phenoxy) is 1. The van der Waals surface area contributed by atoms with Crippen molar-refractivity contribution in [1.29, 1.82) is 5.26 Å². The second-order valence-electron chi connectivity index (χ2n) is 9.99. The van der Waals surface area contributed by atoms with Gasteiger partial charge in [0.25, 0.3) is 11.8 Å². The third-order valence-corrected chi connectivity index (χ3v) is 6.78. The lowest BCUT2D eigenvalue weighted by molar-refractivity contribution is -0.154. The van der Waals surface area contributed by atoms with E-state index in [1.165, 1.54) is 61.6 Å². The number of benzene rings is 2. The average molecular weight is 583 g/mol. The Morgan fingerprint density at radius 2 is 1.76 bits per heavy atom. The first-order valence-corrected chi connectivity index (χ1v) is 12.8. The van der Waals surface area contributed by atoms with Gasteiger partial charge in [0.05, 0.1) is 17.0 Å². The third kappa shape index (κ3) is 6.20. The largest absolute Gasteiger partial charge is 0.467 e. The number of aromatic nitrogens is 1. The summed E-state index contributed by atoms with van der Waals surface area (Å²) in [6.07, 6.45) is -4.69. The molecule has 0 aliphatic heterocycles. The van der Waals surface area contributed by atoms with Crippen LogP contribution in [0.5, 0.6) is 5.88 Å². The number of carbonyl (C=O) groups excluding carboxylic acids is 2. The van der Waals surface area contributed by atoms with Crippen molar-refractivity contribution >= 4 is 22.9 Å². The molecule has 0 bridgehead atoms. The Labute approximate surface area is 238 Å². The first kappa shape index (κ1) is 30.0. The van der Waals surface area contributed by atoms with Crippen molar-refractivity contribution in [3.63, 3.8) is 0 Å². The van der Waals surface area contributed by atoms with Gasteiger partial charge in [-0.1, -0.05) is 26.0 Å². The molecule has 4 rings (SSSR count).